The first-order valence-electron chi connectivity index (χ1n) is 9.68. The molecule has 0 unspecified atom stereocenters. The second-order valence-corrected chi connectivity index (χ2v) is 7.58. The van der Waals surface area contributed by atoms with Gasteiger partial charge in [0.15, 0.2) is 5.82 Å². The number of fused-ring (bicyclic) bond motifs is 2. The number of amides is 1. The van der Waals surface area contributed by atoms with Crippen LogP contribution in [0.3, 0.4) is 0 Å². The van der Waals surface area contributed by atoms with Crippen molar-refractivity contribution >= 4 is 45.9 Å². The van der Waals surface area contributed by atoms with Gasteiger partial charge in [0.05, 0.1) is 16.7 Å². The molecule has 0 aliphatic carbocycles. The van der Waals surface area contributed by atoms with Crippen LogP contribution in [-0.2, 0) is 4.79 Å². The zero-order valence-corrected chi connectivity index (χ0v) is 16.8. The lowest BCUT2D eigenvalue weighted by molar-refractivity contribution is -0.110. The van der Waals surface area contributed by atoms with Crippen LogP contribution in [0.1, 0.15) is 32.9 Å². The number of carboxylic acid groups (broad SMARTS) is 1. The highest BCUT2D eigenvalue weighted by molar-refractivity contribution is 6.36. The van der Waals surface area contributed by atoms with E-state index in [1.807, 2.05) is 36.4 Å². The molecule has 0 saturated heterocycles. The number of nitrogens with one attached hydrogen (secondary N) is 3. The van der Waals surface area contributed by atoms with Crippen molar-refractivity contribution in [2.24, 2.45) is 0 Å². The van der Waals surface area contributed by atoms with Gasteiger partial charge in [-0.2, -0.15) is 5.10 Å². The molecule has 0 atom stereocenters. The molecule has 4 aromatic rings. The van der Waals surface area contributed by atoms with Gasteiger partial charge in [-0.15, -0.1) is 0 Å². The number of carboxylic acids is 1. The normalized spacial score (nSPS) is 14.3. The molecule has 0 fully saturated rings. The monoisotopic (exact) mass is 413 g/mol. The summed E-state index contributed by atoms with van der Waals surface area (Å²) in [6, 6.07) is 11.5. The van der Waals surface area contributed by atoms with Gasteiger partial charge < -0.3 is 21.1 Å². The third-order valence-electron chi connectivity index (χ3n) is 5.71. The van der Waals surface area contributed by atoms with Gasteiger partial charge in [-0.25, -0.2) is 4.79 Å². The SMILES string of the molecule is Cc1[nH]c(/C=C2\C(=O)Nc3cccc(-c4ccc5[nH]nc(N)c5c4)c32)c(C)c1C(=O)O. The highest BCUT2D eigenvalue weighted by atomic mass is 16.4. The smallest absolute Gasteiger partial charge is 0.337 e. The average molecular weight is 413 g/mol. The van der Waals surface area contributed by atoms with Crippen LogP contribution in [0, 0.1) is 13.8 Å². The molecule has 3 heterocycles. The van der Waals surface area contributed by atoms with Crippen LogP contribution < -0.4 is 11.1 Å². The van der Waals surface area contributed by atoms with E-state index in [9.17, 15) is 14.7 Å². The van der Waals surface area contributed by atoms with Crippen LogP contribution >= 0.6 is 0 Å². The standard InChI is InChI=1S/C23H19N5O3/c1-10-18(25-11(2)19(10)23(30)31)9-15-20-13(4-3-5-17(20)26-22(15)29)12-6-7-16-14(8-12)21(24)28-27-16/h3-9,25H,1-2H3,(H,26,29)(H,30,31)(H3,24,27,28)/b15-9-. The zero-order valence-electron chi connectivity index (χ0n) is 16.8. The zero-order chi connectivity index (χ0) is 21.9. The van der Waals surface area contributed by atoms with E-state index in [1.54, 1.807) is 19.9 Å². The number of carbonyl (C=O) groups is 2. The van der Waals surface area contributed by atoms with E-state index < -0.39 is 5.97 Å². The molecule has 154 valence electrons. The number of aromatic carboxylic acids is 1. The average Bonchev–Trinajstić information content (AvgIpc) is 3.35. The fourth-order valence-corrected chi connectivity index (χ4v) is 4.21. The minimum atomic E-state index is -1.00. The van der Waals surface area contributed by atoms with Gasteiger partial charge in [-0.1, -0.05) is 18.2 Å². The molecule has 1 amide bonds. The summed E-state index contributed by atoms with van der Waals surface area (Å²) in [6.45, 7) is 3.44. The topological polar surface area (TPSA) is 137 Å². The van der Waals surface area contributed by atoms with Gasteiger partial charge >= 0.3 is 5.97 Å². The summed E-state index contributed by atoms with van der Waals surface area (Å²) < 4.78 is 0. The molecular formula is C23H19N5O3. The molecule has 31 heavy (non-hydrogen) atoms. The van der Waals surface area contributed by atoms with Crippen molar-refractivity contribution < 1.29 is 14.7 Å². The first kappa shape index (κ1) is 18.7. The fourth-order valence-electron chi connectivity index (χ4n) is 4.21. The Labute approximate surface area is 176 Å². The van der Waals surface area contributed by atoms with Gasteiger partial charge in [0.2, 0.25) is 0 Å². The Morgan fingerprint density at radius 3 is 2.74 bits per heavy atom. The lowest BCUT2D eigenvalue weighted by atomic mass is 9.93. The summed E-state index contributed by atoms with van der Waals surface area (Å²) in [5.74, 6) is -0.832. The number of aryl methyl sites for hydroxylation is 1. The van der Waals surface area contributed by atoms with Crippen LogP contribution in [-0.4, -0.2) is 32.2 Å². The number of nitrogens with two attached hydrogens (primary N) is 1. The van der Waals surface area contributed by atoms with E-state index in [0.717, 1.165) is 27.6 Å². The molecule has 0 spiro atoms. The van der Waals surface area contributed by atoms with Crippen LogP contribution in [0.25, 0.3) is 33.7 Å². The molecule has 0 radical (unpaired) electrons. The second kappa shape index (κ2) is 6.60. The van der Waals surface area contributed by atoms with Crippen molar-refractivity contribution in [3.05, 3.63) is 64.5 Å². The minimum Gasteiger partial charge on any atom is -0.478 e. The minimum absolute atomic E-state index is 0.222. The lowest BCUT2D eigenvalue weighted by Gasteiger charge is -2.09. The first-order chi connectivity index (χ1) is 14.8. The first-order valence-corrected chi connectivity index (χ1v) is 9.68. The van der Waals surface area contributed by atoms with Gasteiger partial charge in [0.1, 0.15) is 0 Å². The van der Waals surface area contributed by atoms with Gasteiger partial charge in [-0.3, -0.25) is 9.89 Å². The summed E-state index contributed by atoms with van der Waals surface area (Å²) in [7, 11) is 0. The summed E-state index contributed by atoms with van der Waals surface area (Å²) in [6.07, 6.45) is 1.71. The molecule has 8 heteroatoms. The van der Waals surface area contributed by atoms with E-state index in [1.165, 1.54) is 0 Å². The molecule has 6 N–H and O–H groups in total. The van der Waals surface area contributed by atoms with Crippen LogP contribution in [0.2, 0.25) is 0 Å². The van der Waals surface area contributed by atoms with Crippen molar-refractivity contribution in [2.75, 3.05) is 11.1 Å². The Morgan fingerprint density at radius 1 is 1.19 bits per heavy atom. The van der Waals surface area contributed by atoms with Crippen LogP contribution in [0.15, 0.2) is 36.4 Å². The third kappa shape index (κ3) is 2.80. The van der Waals surface area contributed by atoms with Crippen molar-refractivity contribution in [1.29, 1.82) is 0 Å². The Hall–Kier alpha value is -4.33. The van der Waals surface area contributed by atoms with Crippen molar-refractivity contribution in [2.45, 2.75) is 13.8 Å². The van der Waals surface area contributed by atoms with Crippen molar-refractivity contribution in [3.63, 3.8) is 0 Å². The Bertz CT molecular complexity index is 1440. The van der Waals surface area contributed by atoms with Crippen LogP contribution in [0.4, 0.5) is 11.5 Å². The molecule has 2 aromatic carbocycles. The number of aromatic amines is 2. The number of anilines is 2. The molecule has 1 aliphatic rings. The predicted octanol–water partition coefficient (Wildman–Crippen LogP) is 3.95. The molecule has 8 nitrogen and oxygen atoms in total. The number of nitrogen functional groups attached to an aromatic ring is 1. The molecule has 5 rings (SSSR count). The number of hydrogen-bond acceptors (Lipinski definition) is 4. The van der Waals surface area contributed by atoms with Crippen LogP contribution in [0.5, 0.6) is 0 Å². The molecule has 2 aromatic heterocycles. The van der Waals surface area contributed by atoms with Gasteiger partial charge in [0.25, 0.3) is 5.91 Å². The predicted molar refractivity (Wildman–Crippen MR) is 120 cm³/mol. The Morgan fingerprint density at radius 2 is 2.00 bits per heavy atom. The molecule has 1 aliphatic heterocycles. The quantitative estimate of drug-likeness (QED) is 0.324. The number of rotatable bonds is 3. The van der Waals surface area contributed by atoms with E-state index in [4.69, 9.17) is 5.73 Å². The number of benzene rings is 2. The number of H-pyrrole nitrogens is 2. The third-order valence-corrected chi connectivity index (χ3v) is 5.71. The molecule has 0 bridgehead atoms. The van der Waals surface area contributed by atoms with E-state index in [-0.39, 0.29) is 11.5 Å². The Balaban J connectivity index is 1.71. The number of nitrogens with zero attached hydrogens (tertiary/aromatic N) is 1. The maximum atomic E-state index is 12.8. The van der Waals surface area contributed by atoms with Gasteiger partial charge in [-0.05, 0) is 54.8 Å². The van der Waals surface area contributed by atoms with Crippen molar-refractivity contribution in [3.8, 4) is 11.1 Å². The Kier molecular flexibility index (Phi) is 3.97. The summed E-state index contributed by atoms with van der Waals surface area (Å²) >= 11 is 0. The number of carbonyl (C=O) groups excluding carboxylic acids is 1. The highest BCUT2D eigenvalue weighted by Crippen LogP contribution is 2.41. The second-order valence-electron chi connectivity index (χ2n) is 7.58. The summed E-state index contributed by atoms with van der Waals surface area (Å²) in [4.78, 5) is 27.5. The summed E-state index contributed by atoms with van der Waals surface area (Å²) in [5.41, 5.74) is 12.4. The fraction of sp³-hybridized carbons (Fsp3) is 0.0870. The van der Waals surface area contributed by atoms with E-state index in [0.29, 0.717) is 34.0 Å². The van der Waals surface area contributed by atoms with E-state index >= 15 is 0 Å². The molecule has 0 saturated carbocycles. The van der Waals surface area contributed by atoms with Gasteiger partial charge in [0, 0.05) is 28.0 Å². The largest absolute Gasteiger partial charge is 0.478 e. The number of aromatic nitrogens is 3. The van der Waals surface area contributed by atoms with Crippen molar-refractivity contribution in [1.82, 2.24) is 15.2 Å². The maximum Gasteiger partial charge on any atom is 0.337 e. The maximum absolute atomic E-state index is 12.8. The number of hydrogen-bond donors (Lipinski definition) is 5. The lowest BCUT2D eigenvalue weighted by Crippen LogP contribution is -2.03. The molecular weight excluding hydrogens is 394 g/mol. The van der Waals surface area contributed by atoms with E-state index in [2.05, 4.69) is 20.5 Å². The summed E-state index contributed by atoms with van der Waals surface area (Å²) in [5, 5.41) is 20.1. The highest BCUT2D eigenvalue weighted by Gasteiger charge is 2.28.